The van der Waals surface area contributed by atoms with Gasteiger partial charge in [0.1, 0.15) is 5.75 Å². The van der Waals surface area contributed by atoms with Gasteiger partial charge in [-0.15, -0.1) is 0 Å². The average molecular weight is 465 g/mol. The molecule has 0 spiro atoms. The van der Waals surface area contributed by atoms with E-state index in [1.54, 1.807) is 0 Å². The number of benzene rings is 3. The maximum Gasteiger partial charge on any atom is 0.227 e. The monoisotopic (exact) mass is 464 g/mol. The summed E-state index contributed by atoms with van der Waals surface area (Å²) in [5, 5.41) is 3.08. The van der Waals surface area contributed by atoms with Crippen molar-refractivity contribution in [2.75, 3.05) is 18.4 Å². The number of carbonyl (C=O) groups excluding carboxylic acids is 1. The Morgan fingerprint density at radius 1 is 0.933 bits per heavy atom. The van der Waals surface area contributed by atoms with Gasteiger partial charge < -0.3 is 10.1 Å². The van der Waals surface area contributed by atoms with Crippen LogP contribution < -0.4 is 10.1 Å². The molecule has 1 N–H and O–H groups in total. The van der Waals surface area contributed by atoms with Gasteiger partial charge in [-0.25, -0.2) is 0 Å². The van der Waals surface area contributed by atoms with Crippen LogP contribution >= 0.6 is 15.9 Å². The van der Waals surface area contributed by atoms with Crippen molar-refractivity contribution in [2.45, 2.75) is 19.4 Å². The Morgan fingerprint density at radius 3 is 2.33 bits per heavy atom. The minimum atomic E-state index is 0.0240. The van der Waals surface area contributed by atoms with Crippen LogP contribution in [0.25, 0.3) is 0 Å². The number of nitrogens with one attached hydrogen (secondary N) is 1. The molecule has 0 unspecified atom stereocenters. The Hall–Kier alpha value is -2.63. The van der Waals surface area contributed by atoms with E-state index in [9.17, 15) is 4.79 Å². The maximum atomic E-state index is 12.9. The number of halogens is 1. The SMILES string of the molecule is O=C(Nc1ccccc1Oc1ccccc1)C1CCN(Cc2ccc(Br)cc2)CC1. The summed E-state index contributed by atoms with van der Waals surface area (Å²) in [6, 6.07) is 25.6. The number of nitrogens with zero attached hydrogens (tertiary/aromatic N) is 1. The number of likely N-dealkylation sites (tertiary alicyclic amines) is 1. The fourth-order valence-corrected chi connectivity index (χ4v) is 3.97. The Balaban J connectivity index is 1.32. The molecule has 0 atom stereocenters. The second-order valence-corrected chi connectivity index (χ2v) is 8.49. The number of anilines is 1. The largest absolute Gasteiger partial charge is 0.455 e. The van der Waals surface area contributed by atoms with Gasteiger partial charge in [0.25, 0.3) is 0 Å². The number of piperidine rings is 1. The molecule has 0 aliphatic carbocycles. The first kappa shape index (κ1) is 20.6. The van der Waals surface area contributed by atoms with E-state index in [2.05, 4.69) is 50.4 Å². The molecule has 1 amide bonds. The van der Waals surface area contributed by atoms with Crippen molar-refractivity contribution in [2.24, 2.45) is 5.92 Å². The maximum absolute atomic E-state index is 12.9. The Bertz CT molecular complexity index is 968. The molecule has 154 valence electrons. The number of carbonyl (C=O) groups is 1. The Labute approximate surface area is 186 Å². The lowest BCUT2D eigenvalue weighted by molar-refractivity contribution is -0.121. The van der Waals surface area contributed by atoms with Gasteiger partial charge in [-0.1, -0.05) is 58.4 Å². The van der Waals surface area contributed by atoms with Gasteiger partial charge in [0, 0.05) is 16.9 Å². The predicted molar refractivity (Wildman–Crippen MR) is 124 cm³/mol. The highest BCUT2D eigenvalue weighted by atomic mass is 79.9. The predicted octanol–water partition coefficient (Wildman–Crippen LogP) is 6.09. The van der Waals surface area contributed by atoms with E-state index in [1.807, 2.05) is 54.6 Å². The molecule has 0 radical (unpaired) electrons. The van der Waals surface area contributed by atoms with Crippen LogP contribution in [-0.4, -0.2) is 23.9 Å². The minimum absolute atomic E-state index is 0.0240. The van der Waals surface area contributed by atoms with Crippen molar-refractivity contribution in [3.8, 4) is 11.5 Å². The molecule has 0 bridgehead atoms. The van der Waals surface area contributed by atoms with Gasteiger partial charge in [-0.05, 0) is 67.9 Å². The highest BCUT2D eigenvalue weighted by Crippen LogP contribution is 2.30. The number of ether oxygens (including phenoxy) is 1. The van der Waals surface area contributed by atoms with E-state index in [0.717, 1.165) is 42.7 Å². The lowest BCUT2D eigenvalue weighted by Gasteiger charge is -2.31. The molecule has 1 aliphatic heterocycles. The smallest absolute Gasteiger partial charge is 0.227 e. The lowest BCUT2D eigenvalue weighted by atomic mass is 9.95. The van der Waals surface area contributed by atoms with Gasteiger partial charge in [0.15, 0.2) is 5.75 Å². The molecule has 3 aromatic carbocycles. The van der Waals surface area contributed by atoms with Crippen LogP contribution in [0.4, 0.5) is 5.69 Å². The third-order valence-corrected chi connectivity index (χ3v) is 5.92. The summed E-state index contributed by atoms with van der Waals surface area (Å²) < 4.78 is 7.06. The first-order chi connectivity index (χ1) is 14.7. The molecule has 5 heteroatoms. The molecule has 4 rings (SSSR count). The normalized spacial score (nSPS) is 15.0. The summed E-state index contributed by atoms with van der Waals surface area (Å²) in [5.74, 6) is 1.50. The Morgan fingerprint density at radius 2 is 1.60 bits per heavy atom. The van der Waals surface area contributed by atoms with Crippen LogP contribution in [0.5, 0.6) is 11.5 Å². The second kappa shape index (κ2) is 9.92. The van der Waals surface area contributed by atoms with Crippen molar-refractivity contribution in [1.82, 2.24) is 4.90 Å². The van der Waals surface area contributed by atoms with E-state index < -0.39 is 0 Å². The zero-order chi connectivity index (χ0) is 20.8. The number of rotatable bonds is 6. The summed E-state index contributed by atoms with van der Waals surface area (Å²) in [5.41, 5.74) is 2.01. The van der Waals surface area contributed by atoms with Gasteiger partial charge in [-0.3, -0.25) is 9.69 Å². The molecule has 1 fully saturated rings. The molecule has 0 saturated carbocycles. The molecule has 3 aromatic rings. The number of para-hydroxylation sites is 3. The van der Waals surface area contributed by atoms with Crippen LogP contribution in [0.3, 0.4) is 0 Å². The lowest BCUT2D eigenvalue weighted by Crippen LogP contribution is -2.37. The standard InChI is InChI=1S/C25H25BrN2O2/c26-21-12-10-19(11-13-21)18-28-16-14-20(15-17-28)25(29)27-23-8-4-5-9-24(23)30-22-6-2-1-3-7-22/h1-13,20H,14-18H2,(H,27,29). The first-order valence-corrected chi connectivity index (χ1v) is 11.1. The van der Waals surface area contributed by atoms with Crippen LogP contribution in [0.1, 0.15) is 18.4 Å². The van der Waals surface area contributed by atoms with E-state index >= 15 is 0 Å². The summed E-state index contributed by atoms with van der Waals surface area (Å²) in [7, 11) is 0. The van der Waals surface area contributed by atoms with Crippen molar-refractivity contribution in [1.29, 1.82) is 0 Å². The number of hydrogen-bond acceptors (Lipinski definition) is 3. The van der Waals surface area contributed by atoms with Crippen LogP contribution in [0, 0.1) is 5.92 Å². The summed E-state index contributed by atoms with van der Waals surface area (Å²) in [4.78, 5) is 15.3. The highest BCUT2D eigenvalue weighted by molar-refractivity contribution is 9.10. The molecule has 4 nitrogen and oxygen atoms in total. The molecule has 1 aliphatic rings. The van der Waals surface area contributed by atoms with Crippen LogP contribution in [-0.2, 0) is 11.3 Å². The molecule has 0 aromatic heterocycles. The molecule has 30 heavy (non-hydrogen) atoms. The fourth-order valence-electron chi connectivity index (χ4n) is 3.71. The molecule has 1 saturated heterocycles. The molecular weight excluding hydrogens is 440 g/mol. The van der Waals surface area contributed by atoms with Crippen molar-refractivity contribution >= 4 is 27.5 Å². The van der Waals surface area contributed by atoms with Gasteiger partial charge >= 0.3 is 0 Å². The second-order valence-electron chi connectivity index (χ2n) is 7.58. The van der Waals surface area contributed by atoms with Gasteiger partial charge in [-0.2, -0.15) is 0 Å². The van der Waals surface area contributed by atoms with Crippen molar-refractivity contribution < 1.29 is 9.53 Å². The quantitative estimate of drug-likeness (QED) is 0.479. The number of hydrogen-bond donors (Lipinski definition) is 1. The molecular formula is C25H25BrN2O2. The summed E-state index contributed by atoms with van der Waals surface area (Å²) >= 11 is 3.48. The zero-order valence-corrected chi connectivity index (χ0v) is 18.3. The van der Waals surface area contributed by atoms with Crippen molar-refractivity contribution in [3.63, 3.8) is 0 Å². The highest BCUT2D eigenvalue weighted by Gasteiger charge is 2.25. The van der Waals surface area contributed by atoms with Crippen molar-refractivity contribution in [3.05, 3.63) is 88.9 Å². The molecule has 1 heterocycles. The number of amides is 1. The zero-order valence-electron chi connectivity index (χ0n) is 16.8. The average Bonchev–Trinajstić information content (AvgIpc) is 2.78. The third-order valence-electron chi connectivity index (χ3n) is 5.39. The van der Waals surface area contributed by atoms with E-state index in [-0.39, 0.29) is 11.8 Å². The van der Waals surface area contributed by atoms with Gasteiger partial charge in [0.05, 0.1) is 5.69 Å². The van der Waals surface area contributed by atoms with E-state index in [4.69, 9.17) is 4.74 Å². The van der Waals surface area contributed by atoms with E-state index in [0.29, 0.717) is 11.4 Å². The topological polar surface area (TPSA) is 41.6 Å². The third kappa shape index (κ3) is 5.49. The summed E-state index contributed by atoms with van der Waals surface area (Å²) in [6.07, 6.45) is 1.73. The minimum Gasteiger partial charge on any atom is -0.455 e. The van der Waals surface area contributed by atoms with Gasteiger partial charge in [0.2, 0.25) is 5.91 Å². The summed E-state index contributed by atoms with van der Waals surface area (Å²) in [6.45, 7) is 2.78. The Kier molecular flexibility index (Phi) is 6.82. The van der Waals surface area contributed by atoms with Crippen LogP contribution in [0.2, 0.25) is 0 Å². The van der Waals surface area contributed by atoms with Crippen LogP contribution in [0.15, 0.2) is 83.3 Å². The fraction of sp³-hybridized carbons (Fsp3) is 0.240. The first-order valence-electron chi connectivity index (χ1n) is 10.3. The van der Waals surface area contributed by atoms with E-state index in [1.165, 1.54) is 5.56 Å².